The average molecular weight is 222 g/mol. The van der Waals surface area contributed by atoms with Gasteiger partial charge >= 0.3 is 12.0 Å². The van der Waals surface area contributed by atoms with Crippen molar-refractivity contribution in [3.63, 3.8) is 0 Å². The van der Waals surface area contributed by atoms with Gasteiger partial charge in [0.1, 0.15) is 6.61 Å². The second kappa shape index (κ2) is 6.45. The molecule has 0 aliphatic carbocycles. The summed E-state index contributed by atoms with van der Waals surface area (Å²) < 4.78 is 10.4. The number of anilines is 1. The van der Waals surface area contributed by atoms with Gasteiger partial charge in [0.2, 0.25) is 5.95 Å². The Kier molecular flexibility index (Phi) is 4.86. The Labute approximate surface area is 94.2 Å². The zero-order chi connectivity index (χ0) is 11.8. The first-order valence-corrected chi connectivity index (χ1v) is 4.97. The molecule has 0 fully saturated rings. The van der Waals surface area contributed by atoms with Gasteiger partial charge in [-0.3, -0.25) is 0 Å². The van der Waals surface area contributed by atoms with Gasteiger partial charge < -0.3 is 15.2 Å². The number of ether oxygens (including phenoxy) is 2. The molecule has 0 aromatic carbocycles. The summed E-state index contributed by atoms with van der Waals surface area (Å²) in [5, 5.41) is 0. The minimum atomic E-state index is 0.0665. The number of nitrogens with zero attached hydrogens (tertiary/aromatic N) is 3. The number of hydrogen-bond acceptors (Lipinski definition) is 6. The van der Waals surface area contributed by atoms with Gasteiger partial charge in [-0.25, -0.2) is 0 Å². The van der Waals surface area contributed by atoms with Gasteiger partial charge in [0, 0.05) is 6.42 Å². The SMILES string of the molecule is C#CCCOc1nc(N)nc(OCCC)n1. The molecule has 0 bridgehead atoms. The van der Waals surface area contributed by atoms with Gasteiger partial charge in [-0.2, -0.15) is 9.97 Å². The van der Waals surface area contributed by atoms with Crippen LogP contribution in [-0.4, -0.2) is 28.2 Å². The highest BCUT2D eigenvalue weighted by Crippen LogP contribution is 2.10. The van der Waals surface area contributed by atoms with E-state index in [9.17, 15) is 0 Å². The summed E-state index contributed by atoms with van der Waals surface area (Å²) in [5.74, 6) is 2.51. The minimum absolute atomic E-state index is 0.0665. The Morgan fingerprint density at radius 1 is 1.19 bits per heavy atom. The third-order valence-corrected chi connectivity index (χ3v) is 1.52. The molecule has 1 rings (SSSR count). The van der Waals surface area contributed by atoms with Crippen molar-refractivity contribution in [2.24, 2.45) is 0 Å². The van der Waals surface area contributed by atoms with Gasteiger partial charge in [0.25, 0.3) is 0 Å². The predicted octanol–water partition coefficient (Wildman–Crippen LogP) is 0.645. The fourth-order valence-corrected chi connectivity index (χ4v) is 0.876. The Balaban J connectivity index is 2.62. The largest absolute Gasteiger partial charge is 0.463 e. The fourth-order valence-electron chi connectivity index (χ4n) is 0.876. The smallest absolute Gasteiger partial charge is 0.324 e. The van der Waals surface area contributed by atoms with Crippen molar-refractivity contribution in [1.82, 2.24) is 15.0 Å². The maximum atomic E-state index is 5.47. The van der Waals surface area contributed by atoms with Crippen molar-refractivity contribution in [3.05, 3.63) is 0 Å². The molecule has 0 aliphatic heterocycles. The predicted molar refractivity (Wildman–Crippen MR) is 59.0 cm³/mol. The van der Waals surface area contributed by atoms with E-state index in [1.54, 1.807) is 0 Å². The first kappa shape index (κ1) is 12.0. The lowest BCUT2D eigenvalue weighted by Gasteiger charge is -2.05. The van der Waals surface area contributed by atoms with E-state index in [-0.39, 0.29) is 18.0 Å². The van der Waals surface area contributed by atoms with E-state index in [4.69, 9.17) is 21.6 Å². The van der Waals surface area contributed by atoms with Crippen LogP contribution >= 0.6 is 0 Å². The molecular formula is C10H14N4O2. The lowest BCUT2D eigenvalue weighted by atomic mass is 10.5. The number of aromatic nitrogens is 3. The van der Waals surface area contributed by atoms with E-state index < -0.39 is 0 Å². The van der Waals surface area contributed by atoms with Crippen LogP contribution in [0.2, 0.25) is 0 Å². The number of rotatable bonds is 6. The van der Waals surface area contributed by atoms with Gasteiger partial charge in [-0.15, -0.1) is 17.3 Å². The van der Waals surface area contributed by atoms with Crippen molar-refractivity contribution in [2.75, 3.05) is 18.9 Å². The van der Waals surface area contributed by atoms with Crippen molar-refractivity contribution >= 4 is 5.95 Å². The highest BCUT2D eigenvalue weighted by molar-refractivity contribution is 5.20. The maximum absolute atomic E-state index is 5.47. The Hall–Kier alpha value is -2.03. The van der Waals surface area contributed by atoms with Gasteiger partial charge in [0.15, 0.2) is 0 Å². The van der Waals surface area contributed by atoms with Crippen molar-refractivity contribution < 1.29 is 9.47 Å². The quantitative estimate of drug-likeness (QED) is 0.562. The van der Waals surface area contributed by atoms with Crippen LogP contribution < -0.4 is 15.2 Å². The van der Waals surface area contributed by atoms with E-state index in [1.807, 2.05) is 6.92 Å². The van der Waals surface area contributed by atoms with Gasteiger partial charge in [0.05, 0.1) is 6.61 Å². The second-order valence-electron chi connectivity index (χ2n) is 2.91. The highest BCUT2D eigenvalue weighted by Gasteiger charge is 2.05. The minimum Gasteiger partial charge on any atom is -0.463 e. The van der Waals surface area contributed by atoms with Crippen molar-refractivity contribution in [2.45, 2.75) is 19.8 Å². The molecule has 0 atom stereocenters. The third-order valence-electron chi connectivity index (χ3n) is 1.52. The molecule has 86 valence electrons. The molecule has 6 nitrogen and oxygen atoms in total. The van der Waals surface area contributed by atoms with Crippen LogP contribution in [0.1, 0.15) is 19.8 Å². The molecule has 1 aromatic heterocycles. The van der Waals surface area contributed by atoms with Gasteiger partial charge in [-0.05, 0) is 6.42 Å². The van der Waals surface area contributed by atoms with Crippen molar-refractivity contribution in [3.8, 4) is 24.4 Å². The third kappa shape index (κ3) is 4.00. The van der Waals surface area contributed by atoms with Gasteiger partial charge in [-0.1, -0.05) is 6.92 Å². The molecule has 1 aromatic rings. The Bertz CT molecular complexity index is 376. The molecule has 0 spiro atoms. The van der Waals surface area contributed by atoms with Crippen LogP contribution in [0.4, 0.5) is 5.95 Å². The summed E-state index contributed by atoms with van der Waals surface area (Å²) in [4.78, 5) is 11.5. The molecule has 0 aliphatic rings. The van der Waals surface area contributed by atoms with Crippen LogP contribution in [0.5, 0.6) is 12.0 Å². The van der Waals surface area contributed by atoms with E-state index >= 15 is 0 Å². The number of nitrogen functional groups attached to an aromatic ring is 1. The van der Waals surface area contributed by atoms with E-state index in [1.165, 1.54) is 0 Å². The number of hydrogen-bond donors (Lipinski definition) is 1. The first-order chi connectivity index (χ1) is 7.76. The molecule has 6 heteroatoms. The number of terminal acetylenes is 1. The summed E-state index contributed by atoms with van der Waals surface area (Å²) in [5.41, 5.74) is 5.47. The molecule has 0 saturated carbocycles. The Morgan fingerprint density at radius 2 is 1.81 bits per heavy atom. The van der Waals surface area contributed by atoms with E-state index in [0.29, 0.717) is 19.6 Å². The van der Waals surface area contributed by atoms with E-state index in [2.05, 4.69) is 20.9 Å². The van der Waals surface area contributed by atoms with Crippen molar-refractivity contribution in [1.29, 1.82) is 0 Å². The molecule has 0 radical (unpaired) electrons. The molecular weight excluding hydrogens is 208 g/mol. The molecule has 16 heavy (non-hydrogen) atoms. The number of nitrogens with two attached hydrogens (primary N) is 1. The van der Waals surface area contributed by atoms with Crippen LogP contribution in [0.3, 0.4) is 0 Å². The summed E-state index contributed by atoms with van der Waals surface area (Å²) >= 11 is 0. The van der Waals surface area contributed by atoms with Crippen LogP contribution in [0.15, 0.2) is 0 Å². The summed E-state index contributed by atoms with van der Waals surface area (Å²) in [7, 11) is 0. The molecule has 1 heterocycles. The second-order valence-corrected chi connectivity index (χ2v) is 2.91. The van der Waals surface area contributed by atoms with Crippen LogP contribution in [0, 0.1) is 12.3 Å². The lowest BCUT2D eigenvalue weighted by Crippen LogP contribution is -2.08. The molecule has 2 N–H and O–H groups in total. The zero-order valence-electron chi connectivity index (χ0n) is 9.14. The van der Waals surface area contributed by atoms with Crippen LogP contribution in [-0.2, 0) is 0 Å². The molecule has 0 amide bonds. The zero-order valence-corrected chi connectivity index (χ0v) is 9.14. The van der Waals surface area contributed by atoms with E-state index in [0.717, 1.165) is 6.42 Å². The topological polar surface area (TPSA) is 83.2 Å². The Morgan fingerprint density at radius 3 is 2.38 bits per heavy atom. The summed E-state index contributed by atoms with van der Waals surface area (Å²) in [6, 6.07) is 0.305. The fraction of sp³-hybridized carbons (Fsp3) is 0.500. The lowest BCUT2D eigenvalue weighted by molar-refractivity contribution is 0.266. The van der Waals surface area contributed by atoms with Crippen LogP contribution in [0.25, 0.3) is 0 Å². The highest BCUT2D eigenvalue weighted by atomic mass is 16.5. The maximum Gasteiger partial charge on any atom is 0.324 e. The summed E-state index contributed by atoms with van der Waals surface area (Å²) in [6.45, 7) is 2.84. The normalized spacial score (nSPS) is 9.50. The monoisotopic (exact) mass is 222 g/mol. The molecule has 0 unspecified atom stereocenters. The molecule has 0 saturated heterocycles. The first-order valence-electron chi connectivity index (χ1n) is 4.97. The standard InChI is InChI=1S/C10H14N4O2/c1-3-5-7-16-10-13-8(11)12-9(14-10)15-6-4-2/h1H,4-7H2,2H3,(H2,11,12,13,14). The summed E-state index contributed by atoms with van der Waals surface area (Å²) in [6.07, 6.45) is 6.43. The average Bonchev–Trinajstić information content (AvgIpc) is 2.26.